The molecule has 0 aliphatic heterocycles. The van der Waals surface area contributed by atoms with Crippen LogP contribution in [0.1, 0.15) is 5.56 Å². The second-order valence-corrected chi connectivity index (χ2v) is 3.32. The lowest BCUT2D eigenvalue weighted by Crippen LogP contribution is -2.28. The van der Waals surface area contributed by atoms with Gasteiger partial charge in [0.25, 0.3) is 0 Å². The number of methoxy groups -OCH3 is 1. The van der Waals surface area contributed by atoms with Crippen LogP contribution >= 0.6 is 0 Å². The summed E-state index contributed by atoms with van der Waals surface area (Å²) in [4.78, 5) is 0. The maximum Gasteiger partial charge on any atom is 0.119 e. The van der Waals surface area contributed by atoms with Gasteiger partial charge in [-0.3, -0.25) is 0 Å². The summed E-state index contributed by atoms with van der Waals surface area (Å²) in [6.45, 7) is 0.813. The number of aliphatic hydroxyl groups is 2. The molecule has 0 fully saturated rings. The predicted octanol–water partition coefficient (Wildman–Crippen LogP) is 0.138. The average molecular weight is 211 g/mol. The number of ether oxygens (including phenoxy) is 1. The normalized spacial score (nSPS) is 12.5. The first-order valence-electron chi connectivity index (χ1n) is 4.89. The van der Waals surface area contributed by atoms with E-state index in [2.05, 4.69) is 5.32 Å². The third-order valence-electron chi connectivity index (χ3n) is 2.05. The van der Waals surface area contributed by atoms with Crippen molar-refractivity contribution in [1.82, 2.24) is 5.32 Å². The summed E-state index contributed by atoms with van der Waals surface area (Å²) in [5.74, 6) is 0.817. The Morgan fingerprint density at radius 2 is 2.27 bits per heavy atom. The fraction of sp³-hybridized carbons (Fsp3) is 0.455. The number of nitrogens with one attached hydrogen (secondary N) is 1. The molecule has 84 valence electrons. The van der Waals surface area contributed by atoms with E-state index in [4.69, 9.17) is 14.9 Å². The maximum absolute atomic E-state index is 9.10. The molecular weight excluding hydrogens is 194 g/mol. The van der Waals surface area contributed by atoms with E-state index in [1.54, 1.807) is 7.11 Å². The van der Waals surface area contributed by atoms with Crippen LogP contribution in [0.2, 0.25) is 0 Å². The molecule has 4 nitrogen and oxygen atoms in total. The van der Waals surface area contributed by atoms with E-state index < -0.39 is 6.10 Å². The fourth-order valence-electron chi connectivity index (χ4n) is 1.23. The van der Waals surface area contributed by atoms with Crippen LogP contribution in [-0.4, -0.2) is 36.6 Å². The molecule has 0 unspecified atom stereocenters. The monoisotopic (exact) mass is 211 g/mol. The first kappa shape index (κ1) is 12.0. The van der Waals surface area contributed by atoms with Gasteiger partial charge in [-0.2, -0.15) is 0 Å². The molecule has 0 bridgehead atoms. The van der Waals surface area contributed by atoms with Crippen LogP contribution in [0, 0.1) is 0 Å². The summed E-state index contributed by atoms with van der Waals surface area (Å²) in [7, 11) is 1.63. The van der Waals surface area contributed by atoms with Gasteiger partial charge in [0.05, 0.1) is 19.8 Å². The molecule has 3 N–H and O–H groups in total. The van der Waals surface area contributed by atoms with Crippen LogP contribution < -0.4 is 10.1 Å². The topological polar surface area (TPSA) is 61.7 Å². The van der Waals surface area contributed by atoms with Crippen molar-refractivity contribution in [2.24, 2.45) is 0 Å². The lowest BCUT2D eigenvalue weighted by Gasteiger charge is -2.09. The van der Waals surface area contributed by atoms with Gasteiger partial charge >= 0.3 is 0 Å². The molecule has 1 aromatic rings. The van der Waals surface area contributed by atoms with Gasteiger partial charge < -0.3 is 20.3 Å². The zero-order valence-electron chi connectivity index (χ0n) is 8.81. The molecule has 1 atom stereocenters. The van der Waals surface area contributed by atoms with Crippen LogP contribution in [0.3, 0.4) is 0 Å². The summed E-state index contributed by atoms with van der Waals surface area (Å²) >= 11 is 0. The first-order chi connectivity index (χ1) is 7.26. The van der Waals surface area contributed by atoms with Gasteiger partial charge in [0.1, 0.15) is 5.75 Å². The van der Waals surface area contributed by atoms with E-state index in [9.17, 15) is 0 Å². The van der Waals surface area contributed by atoms with Crippen molar-refractivity contribution in [1.29, 1.82) is 0 Å². The Morgan fingerprint density at radius 1 is 1.47 bits per heavy atom. The molecule has 0 amide bonds. The molecule has 0 aliphatic carbocycles. The van der Waals surface area contributed by atoms with E-state index in [0.29, 0.717) is 13.1 Å². The maximum atomic E-state index is 9.10. The third kappa shape index (κ3) is 4.29. The van der Waals surface area contributed by atoms with E-state index in [1.807, 2.05) is 24.3 Å². The fourth-order valence-corrected chi connectivity index (χ4v) is 1.23. The highest BCUT2D eigenvalue weighted by Crippen LogP contribution is 2.11. The lowest BCUT2D eigenvalue weighted by molar-refractivity contribution is 0.0942. The molecule has 0 aromatic heterocycles. The van der Waals surface area contributed by atoms with Gasteiger partial charge in [-0.1, -0.05) is 12.1 Å². The van der Waals surface area contributed by atoms with Gasteiger partial charge in [0.2, 0.25) is 0 Å². The highest BCUT2D eigenvalue weighted by molar-refractivity contribution is 5.28. The van der Waals surface area contributed by atoms with Crippen molar-refractivity contribution in [3.63, 3.8) is 0 Å². The number of hydrogen-bond acceptors (Lipinski definition) is 4. The predicted molar refractivity (Wildman–Crippen MR) is 57.8 cm³/mol. The van der Waals surface area contributed by atoms with Crippen LogP contribution in [-0.2, 0) is 6.54 Å². The molecular formula is C11H17NO3. The number of hydrogen-bond donors (Lipinski definition) is 3. The van der Waals surface area contributed by atoms with E-state index >= 15 is 0 Å². The second kappa shape index (κ2) is 6.40. The molecule has 0 heterocycles. The van der Waals surface area contributed by atoms with E-state index in [-0.39, 0.29) is 6.61 Å². The third-order valence-corrected chi connectivity index (χ3v) is 2.05. The average Bonchev–Trinajstić information content (AvgIpc) is 2.29. The Labute approximate surface area is 89.5 Å². The zero-order chi connectivity index (χ0) is 11.1. The zero-order valence-corrected chi connectivity index (χ0v) is 8.81. The quantitative estimate of drug-likeness (QED) is 0.626. The van der Waals surface area contributed by atoms with Crippen molar-refractivity contribution < 1.29 is 14.9 Å². The van der Waals surface area contributed by atoms with Crippen molar-refractivity contribution in [3.8, 4) is 5.75 Å². The lowest BCUT2D eigenvalue weighted by atomic mass is 10.2. The smallest absolute Gasteiger partial charge is 0.119 e. The molecule has 0 spiro atoms. The SMILES string of the molecule is COc1cccc(CNC[C@@H](O)CO)c1. The Bertz CT molecular complexity index is 291. The molecule has 0 saturated heterocycles. The standard InChI is InChI=1S/C11H17NO3/c1-15-11-4-2-3-9(5-11)6-12-7-10(14)8-13/h2-5,10,12-14H,6-8H2,1H3/t10-/m1/s1. The van der Waals surface area contributed by atoms with Crippen LogP contribution in [0.15, 0.2) is 24.3 Å². The van der Waals surface area contributed by atoms with Crippen LogP contribution in [0.5, 0.6) is 5.75 Å². The van der Waals surface area contributed by atoms with Gasteiger partial charge in [-0.15, -0.1) is 0 Å². The largest absolute Gasteiger partial charge is 0.497 e. The van der Waals surface area contributed by atoms with Gasteiger partial charge in [0.15, 0.2) is 0 Å². The van der Waals surface area contributed by atoms with Gasteiger partial charge in [-0.05, 0) is 17.7 Å². The Morgan fingerprint density at radius 3 is 2.93 bits per heavy atom. The number of benzene rings is 1. The minimum atomic E-state index is -0.699. The van der Waals surface area contributed by atoms with Crippen LogP contribution in [0.25, 0.3) is 0 Å². The van der Waals surface area contributed by atoms with E-state index in [0.717, 1.165) is 11.3 Å². The Balaban J connectivity index is 2.37. The number of rotatable bonds is 6. The number of aliphatic hydroxyl groups excluding tert-OH is 2. The second-order valence-electron chi connectivity index (χ2n) is 3.32. The highest BCUT2D eigenvalue weighted by atomic mass is 16.5. The van der Waals surface area contributed by atoms with Gasteiger partial charge in [-0.25, -0.2) is 0 Å². The van der Waals surface area contributed by atoms with Crippen molar-refractivity contribution in [3.05, 3.63) is 29.8 Å². The minimum Gasteiger partial charge on any atom is -0.497 e. The summed E-state index contributed by atoms with van der Waals surface area (Å²) in [5, 5.41) is 20.7. The Hall–Kier alpha value is -1.10. The summed E-state index contributed by atoms with van der Waals surface area (Å²) in [6.07, 6.45) is -0.699. The first-order valence-corrected chi connectivity index (χ1v) is 4.89. The molecule has 15 heavy (non-hydrogen) atoms. The van der Waals surface area contributed by atoms with Crippen molar-refractivity contribution >= 4 is 0 Å². The van der Waals surface area contributed by atoms with Crippen LogP contribution in [0.4, 0.5) is 0 Å². The molecule has 0 aliphatic rings. The summed E-state index contributed by atoms with van der Waals surface area (Å²) in [5.41, 5.74) is 1.08. The minimum absolute atomic E-state index is 0.217. The summed E-state index contributed by atoms with van der Waals surface area (Å²) < 4.78 is 5.09. The molecule has 0 saturated carbocycles. The summed E-state index contributed by atoms with van der Waals surface area (Å²) in [6, 6.07) is 7.70. The molecule has 4 heteroatoms. The van der Waals surface area contributed by atoms with E-state index in [1.165, 1.54) is 0 Å². The molecule has 1 aromatic carbocycles. The molecule has 1 rings (SSSR count). The van der Waals surface area contributed by atoms with Crippen molar-refractivity contribution in [2.75, 3.05) is 20.3 Å². The van der Waals surface area contributed by atoms with Gasteiger partial charge in [0, 0.05) is 13.1 Å². The Kier molecular flexibility index (Phi) is 5.10. The molecule has 0 radical (unpaired) electrons. The highest BCUT2D eigenvalue weighted by Gasteiger charge is 2.01. The van der Waals surface area contributed by atoms with Crippen molar-refractivity contribution in [2.45, 2.75) is 12.6 Å².